The number of nitrogens with one attached hydrogen (secondary N) is 1. The van der Waals surface area contributed by atoms with Gasteiger partial charge in [0.2, 0.25) is 5.91 Å². The SMILES string of the molecule is CC1(C)NC(=O)C2CC21C. The summed E-state index contributed by atoms with van der Waals surface area (Å²) >= 11 is 0. The molecule has 1 saturated carbocycles. The molecule has 56 valence electrons. The third kappa shape index (κ3) is 0.446. The molecule has 0 radical (unpaired) electrons. The zero-order valence-corrected chi connectivity index (χ0v) is 6.69. The van der Waals surface area contributed by atoms with Gasteiger partial charge < -0.3 is 5.32 Å². The van der Waals surface area contributed by atoms with E-state index in [2.05, 4.69) is 26.1 Å². The summed E-state index contributed by atoms with van der Waals surface area (Å²) < 4.78 is 0. The summed E-state index contributed by atoms with van der Waals surface area (Å²) in [7, 11) is 0. The van der Waals surface area contributed by atoms with Crippen LogP contribution in [-0.2, 0) is 4.79 Å². The maximum Gasteiger partial charge on any atom is 0.224 e. The maximum absolute atomic E-state index is 11.1. The predicted octanol–water partition coefficient (Wildman–Crippen LogP) is 0.921. The van der Waals surface area contributed by atoms with Crippen LogP contribution in [0, 0.1) is 11.3 Å². The first-order chi connectivity index (χ1) is 4.47. The molecule has 2 rings (SSSR count). The second kappa shape index (κ2) is 1.25. The van der Waals surface area contributed by atoms with E-state index in [-0.39, 0.29) is 16.9 Å². The van der Waals surface area contributed by atoms with E-state index in [1.165, 1.54) is 0 Å². The zero-order valence-electron chi connectivity index (χ0n) is 6.69. The first kappa shape index (κ1) is 6.20. The lowest BCUT2D eigenvalue weighted by molar-refractivity contribution is -0.121. The predicted molar refractivity (Wildman–Crippen MR) is 38.4 cm³/mol. The van der Waals surface area contributed by atoms with E-state index in [1.54, 1.807) is 0 Å². The van der Waals surface area contributed by atoms with E-state index in [9.17, 15) is 4.79 Å². The number of carbonyl (C=O) groups is 1. The Morgan fingerprint density at radius 3 is 2.20 bits per heavy atom. The molecule has 1 heterocycles. The van der Waals surface area contributed by atoms with Gasteiger partial charge in [-0.2, -0.15) is 0 Å². The number of carbonyl (C=O) groups excluding carboxylic acids is 1. The van der Waals surface area contributed by atoms with Crippen molar-refractivity contribution in [1.82, 2.24) is 5.32 Å². The van der Waals surface area contributed by atoms with Crippen molar-refractivity contribution in [3.8, 4) is 0 Å². The fourth-order valence-corrected chi connectivity index (χ4v) is 1.98. The number of rotatable bonds is 0. The molecule has 10 heavy (non-hydrogen) atoms. The van der Waals surface area contributed by atoms with Crippen molar-refractivity contribution < 1.29 is 4.79 Å². The Labute approximate surface area is 61.0 Å². The minimum absolute atomic E-state index is 0.0365. The van der Waals surface area contributed by atoms with Gasteiger partial charge in [-0.05, 0) is 20.3 Å². The van der Waals surface area contributed by atoms with E-state index in [0.717, 1.165) is 6.42 Å². The summed E-state index contributed by atoms with van der Waals surface area (Å²) in [5, 5.41) is 2.99. The van der Waals surface area contributed by atoms with Crippen molar-refractivity contribution in [2.24, 2.45) is 11.3 Å². The van der Waals surface area contributed by atoms with Crippen molar-refractivity contribution in [2.75, 3.05) is 0 Å². The fourth-order valence-electron chi connectivity index (χ4n) is 1.98. The van der Waals surface area contributed by atoms with Gasteiger partial charge >= 0.3 is 0 Å². The summed E-state index contributed by atoms with van der Waals surface area (Å²) in [5.41, 5.74) is 0.304. The molecule has 1 saturated heterocycles. The molecule has 2 nitrogen and oxygen atoms in total. The van der Waals surface area contributed by atoms with Crippen LogP contribution in [0.25, 0.3) is 0 Å². The molecule has 2 aliphatic rings. The quantitative estimate of drug-likeness (QED) is 0.531. The molecule has 1 N–H and O–H groups in total. The van der Waals surface area contributed by atoms with Crippen molar-refractivity contribution in [3.05, 3.63) is 0 Å². The van der Waals surface area contributed by atoms with Crippen molar-refractivity contribution >= 4 is 5.91 Å². The Hall–Kier alpha value is -0.530. The second-order valence-electron chi connectivity index (χ2n) is 4.29. The van der Waals surface area contributed by atoms with Crippen LogP contribution in [0.4, 0.5) is 0 Å². The van der Waals surface area contributed by atoms with Crippen LogP contribution in [-0.4, -0.2) is 11.4 Å². The summed E-state index contributed by atoms with van der Waals surface area (Å²) in [6, 6.07) is 0. The minimum atomic E-state index is 0.0365. The van der Waals surface area contributed by atoms with Crippen LogP contribution in [0.5, 0.6) is 0 Å². The molecule has 0 aromatic carbocycles. The Kier molecular flexibility index (Phi) is 0.773. The largest absolute Gasteiger partial charge is 0.350 e. The van der Waals surface area contributed by atoms with Gasteiger partial charge in [-0.1, -0.05) is 6.92 Å². The topological polar surface area (TPSA) is 29.1 Å². The van der Waals surface area contributed by atoms with Gasteiger partial charge in [0, 0.05) is 16.9 Å². The molecule has 0 aromatic rings. The Balaban J connectivity index is 2.37. The zero-order chi connectivity index (χ0) is 7.57. The van der Waals surface area contributed by atoms with Gasteiger partial charge in [0.1, 0.15) is 0 Å². The highest BCUT2D eigenvalue weighted by Gasteiger charge is 2.68. The van der Waals surface area contributed by atoms with Crippen LogP contribution >= 0.6 is 0 Å². The molecular formula is C8H13NO. The van der Waals surface area contributed by atoms with E-state index >= 15 is 0 Å². The molecule has 0 aromatic heterocycles. The summed E-state index contributed by atoms with van der Waals surface area (Å²) in [5.74, 6) is 0.579. The molecule has 1 aliphatic heterocycles. The molecular weight excluding hydrogens is 126 g/mol. The van der Waals surface area contributed by atoms with Crippen LogP contribution in [0.3, 0.4) is 0 Å². The lowest BCUT2D eigenvalue weighted by atomic mass is 9.87. The van der Waals surface area contributed by atoms with E-state index < -0.39 is 0 Å². The van der Waals surface area contributed by atoms with E-state index in [1.807, 2.05) is 0 Å². The van der Waals surface area contributed by atoms with Gasteiger partial charge in [0.05, 0.1) is 0 Å². The molecule has 2 heteroatoms. The van der Waals surface area contributed by atoms with Crippen LogP contribution < -0.4 is 5.32 Å². The molecule has 0 bridgehead atoms. The molecule has 2 unspecified atom stereocenters. The number of hydrogen-bond donors (Lipinski definition) is 1. The maximum atomic E-state index is 11.1. The lowest BCUT2D eigenvalue weighted by Gasteiger charge is -2.27. The first-order valence-electron chi connectivity index (χ1n) is 3.79. The summed E-state index contributed by atoms with van der Waals surface area (Å²) in [4.78, 5) is 11.1. The van der Waals surface area contributed by atoms with E-state index in [4.69, 9.17) is 0 Å². The number of hydrogen-bond acceptors (Lipinski definition) is 1. The fraction of sp³-hybridized carbons (Fsp3) is 0.875. The third-order valence-corrected chi connectivity index (χ3v) is 3.42. The molecule has 1 aliphatic carbocycles. The number of piperidine rings is 1. The Morgan fingerprint density at radius 2 is 2.10 bits per heavy atom. The van der Waals surface area contributed by atoms with Crippen LogP contribution in [0.1, 0.15) is 27.2 Å². The Bertz CT molecular complexity index is 207. The Morgan fingerprint density at radius 1 is 1.50 bits per heavy atom. The lowest BCUT2D eigenvalue weighted by Crippen LogP contribution is -2.43. The van der Waals surface area contributed by atoms with Gasteiger partial charge in [0.15, 0.2) is 0 Å². The smallest absolute Gasteiger partial charge is 0.224 e. The normalized spacial score (nSPS) is 48.3. The average molecular weight is 139 g/mol. The third-order valence-electron chi connectivity index (χ3n) is 3.42. The number of amides is 1. The molecule has 0 spiro atoms. The van der Waals surface area contributed by atoms with Crippen molar-refractivity contribution in [2.45, 2.75) is 32.7 Å². The standard InChI is InChI=1S/C8H13NO/c1-7(2)8(3)4-5(8)6(10)9-7/h5H,4H2,1-3H3,(H,9,10). The average Bonchev–Trinajstić information content (AvgIpc) is 2.37. The van der Waals surface area contributed by atoms with Crippen molar-refractivity contribution in [3.63, 3.8) is 0 Å². The van der Waals surface area contributed by atoms with Gasteiger partial charge in [-0.3, -0.25) is 4.79 Å². The van der Waals surface area contributed by atoms with Crippen molar-refractivity contribution in [1.29, 1.82) is 0 Å². The highest BCUT2D eigenvalue weighted by molar-refractivity contribution is 5.87. The minimum Gasteiger partial charge on any atom is -0.350 e. The highest BCUT2D eigenvalue weighted by atomic mass is 16.2. The number of fused-ring (bicyclic) bond motifs is 1. The molecule has 2 fully saturated rings. The first-order valence-corrected chi connectivity index (χ1v) is 3.79. The van der Waals surface area contributed by atoms with Gasteiger partial charge in [0.25, 0.3) is 0 Å². The molecule has 2 atom stereocenters. The summed E-state index contributed by atoms with van der Waals surface area (Å²) in [6.45, 7) is 6.41. The van der Waals surface area contributed by atoms with Gasteiger partial charge in [-0.25, -0.2) is 0 Å². The second-order valence-corrected chi connectivity index (χ2v) is 4.29. The van der Waals surface area contributed by atoms with Gasteiger partial charge in [-0.15, -0.1) is 0 Å². The molecule has 1 amide bonds. The highest BCUT2D eigenvalue weighted by Crippen LogP contribution is 2.62. The van der Waals surface area contributed by atoms with E-state index in [0.29, 0.717) is 5.92 Å². The summed E-state index contributed by atoms with van der Waals surface area (Å²) in [6.07, 6.45) is 1.09. The van der Waals surface area contributed by atoms with Crippen LogP contribution in [0.15, 0.2) is 0 Å². The monoisotopic (exact) mass is 139 g/mol. The van der Waals surface area contributed by atoms with Crippen LogP contribution in [0.2, 0.25) is 0 Å².